The lowest BCUT2D eigenvalue weighted by Gasteiger charge is -2.49. The monoisotopic (exact) mass is 1140 g/mol. The molecular formula is C56H62ClN8O12S2+. The van der Waals surface area contributed by atoms with Crippen LogP contribution < -0.4 is 25.3 Å². The van der Waals surface area contributed by atoms with Crippen LogP contribution >= 0.6 is 34.7 Å². The van der Waals surface area contributed by atoms with Gasteiger partial charge in [-0.05, 0) is 83.7 Å². The third kappa shape index (κ3) is 14.9. The number of oxime groups is 1. The Bertz CT molecular complexity index is 3050. The van der Waals surface area contributed by atoms with Gasteiger partial charge in [0.1, 0.15) is 50.7 Å². The number of pyridine rings is 1. The molecule has 5 heterocycles. The first kappa shape index (κ1) is 57.5. The van der Waals surface area contributed by atoms with Crippen LogP contribution in [0.4, 0.5) is 20.4 Å². The van der Waals surface area contributed by atoms with Crippen LogP contribution in [0.15, 0.2) is 126 Å². The highest BCUT2D eigenvalue weighted by Gasteiger charge is 2.55. The van der Waals surface area contributed by atoms with Gasteiger partial charge in [-0.25, -0.2) is 28.7 Å². The van der Waals surface area contributed by atoms with Crippen molar-refractivity contribution in [3.05, 3.63) is 147 Å². The fourth-order valence-electron chi connectivity index (χ4n) is 8.48. The fraction of sp³-hybridized carbons (Fsp3) is 0.375. The maximum atomic E-state index is 14.6. The number of likely N-dealkylation sites (tertiary alicyclic amines) is 1. The molecule has 2 aromatic heterocycles. The molecule has 0 saturated carbocycles. The van der Waals surface area contributed by atoms with Crippen LogP contribution in [0.5, 0.6) is 5.75 Å². The minimum absolute atomic E-state index is 0.00789. The predicted molar refractivity (Wildman–Crippen MR) is 296 cm³/mol. The van der Waals surface area contributed by atoms with E-state index in [1.54, 1.807) is 57.0 Å². The number of methoxy groups -OCH3 is 1. The normalized spacial score (nSPS) is 17.7. The molecule has 3 aromatic carbocycles. The molecule has 2 fully saturated rings. The van der Waals surface area contributed by atoms with E-state index in [-0.39, 0.29) is 51.9 Å². The van der Waals surface area contributed by atoms with Crippen molar-refractivity contribution in [3.63, 3.8) is 0 Å². The molecule has 3 aliphatic rings. The minimum Gasteiger partial charge on any atom is -0.497 e. The summed E-state index contributed by atoms with van der Waals surface area (Å²) >= 11 is 8.83. The number of carbonyl (C=O) groups excluding carboxylic acids is 6. The van der Waals surface area contributed by atoms with Crippen molar-refractivity contribution in [2.24, 2.45) is 5.16 Å². The lowest BCUT2D eigenvalue weighted by atomic mass is 10.0. The van der Waals surface area contributed by atoms with Gasteiger partial charge in [0.05, 0.1) is 7.11 Å². The first-order chi connectivity index (χ1) is 37.6. The number of esters is 2. The molecule has 5 aromatic rings. The van der Waals surface area contributed by atoms with Gasteiger partial charge in [0.2, 0.25) is 6.10 Å². The largest absolute Gasteiger partial charge is 0.497 e. The van der Waals surface area contributed by atoms with E-state index >= 15 is 0 Å². The van der Waals surface area contributed by atoms with Crippen molar-refractivity contribution in [1.82, 2.24) is 20.1 Å². The Hall–Kier alpha value is -7.69. The minimum atomic E-state index is -1.39. The number of thiazole rings is 1. The van der Waals surface area contributed by atoms with E-state index in [2.05, 4.69) is 26.1 Å². The summed E-state index contributed by atoms with van der Waals surface area (Å²) in [5, 5.41) is 12.0. The number of benzene rings is 3. The molecule has 2 saturated heterocycles. The molecule has 416 valence electrons. The fourth-order valence-corrected chi connectivity index (χ4v) is 10.8. The predicted octanol–water partition coefficient (Wildman–Crippen LogP) is 8.40. The van der Waals surface area contributed by atoms with E-state index in [9.17, 15) is 28.8 Å². The lowest BCUT2D eigenvalue weighted by molar-refractivity contribution is -0.688. The SMILES string of the molecule is COc1ccc(COC(=O)C2=C(C[n+]3ccc(N[C@@H]4CCN(C(=O)OC(C)(C)C)C4)cc3)CS[C@@H]3[C@H](NC(=O)C(=NO[C@@H](C)C(=O)OC(c4ccccc4)c4ccccc4)c4nc(NC(=O)OC(C)(C)C)sc4Cl)C(=O)N23)cc1. The Morgan fingerprint density at radius 3 is 2.15 bits per heavy atom. The molecule has 23 heteroatoms. The molecule has 0 bridgehead atoms. The van der Waals surface area contributed by atoms with Crippen molar-refractivity contribution < 1.29 is 61.9 Å². The molecule has 8 rings (SSSR count). The van der Waals surface area contributed by atoms with Crippen LogP contribution in [0, 0.1) is 0 Å². The second kappa shape index (κ2) is 25.0. The number of anilines is 2. The van der Waals surface area contributed by atoms with Crippen molar-refractivity contribution >= 4 is 87.2 Å². The zero-order chi connectivity index (χ0) is 56.6. The standard InChI is InChI=1S/C56H61ClN8O12S2/c1-33(50(68)74-45(35-15-11-9-12-16-35)36-17-13-10-14-18-36)77-62-42(41-46(57)79-52(60-41)61-53(70)75-55(2,3)4)47(66)59-43-48(67)65-44(51(69)73-31-34-19-21-40(72-8)22-20-34)37(32-78-49(43)65)29-63-26-23-38(24-27-63)58-39-25-28-64(30-39)54(71)76-56(5,6)7/h9-24,26-27,33,39,43,45,49H,25,28-32H2,1-8H3,(H2,59,60,61,66,70)/p+1/t33-,39+,43+,49+/m0/s1. The average Bonchev–Trinajstić information content (AvgIpc) is 4.18. The molecule has 4 amide bonds. The van der Waals surface area contributed by atoms with E-state index in [1.807, 2.05) is 111 Å². The first-order valence-electron chi connectivity index (χ1n) is 25.3. The summed E-state index contributed by atoms with van der Waals surface area (Å²) in [5.41, 5.74) is 1.30. The molecule has 0 spiro atoms. The number of thioether (sulfide) groups is 1. The Morgan fingerprint density at radius 1 is 0.886 bits per heavy atom. The van der Waals surface area contributed by atoms with Gasteiger partial charge >= 0.3 is 24.1 Å². The van der Waals surface area contributed by atoms with E-state index in [0.717, 1.165) is 23.4 Å². The quantitative estimate of drug-likeness (QED) is 0.0187. The summed E-state index contributed by atoms with van der Waals surface area (Å²) < 4.78 is 29.8. The molecule has 4 atom stereocenters. The number of halogens is 1. The van der Waals surface area contributed by atoms with Gasteiger partial charge in [-0.15, -0.1) is 11.8 Å². The zero-order valence-corrected chi connectivity index (χ0v) is 47.2. The summed E-state index contributed by atoms with van der Waals surface area (Å²) in [6.07, 6.45) is 1.03. The Kier molecular flexibility index (Phi) is 18.2. The van der Waals surface area contributed by atoms with Crippen molar-refractivity contribution in [2.45, 2.75) is 109 Å². The number of ether oxygens (including phenoxy) is 5. The number of hydrogen-bond donors (Lipinski definition) is 3. The number of nitrogens with zero attached hydrogens (tertiary/aromatic N) is 5. The number of rotatable bonds is 18. The Labute approximate surface area is 470 Å². The van der Waals surface area contributed by atoms with Crippen molar-refractivity contribution in [1.29, 1.82) is 0 Å². The maximum absolute atomic E-state index is 14.6. The first-order valence-corrected chi connectivity index (χ1v) is 27.6. The third-order valence-electron chi connectivity index (χ3n) is 12.2. The molecule has 0 unspecified atom stereocenters. The average molecular weight is 1140 g/mol. The summed E-state index contributed by atoms with van der Waals surface area (Å²) in [7, 11) is 1.55. The molecule has 79 heavy (non-hydrogen) atoms. The summed E-state index contributed by atoms with van der Waals surface area (Å²) in [6, 6.07) is 27.8. The number of β-lactam (4-membered cyclic amide) rings is 1. The van der Waals surface area contributed by atoms with Gasteiger partial charge in [-0.3, -0.25) is 19.8 Å². The van der Waals surface area contributed by atoms with Gasteiger partial charge < -0.3 is 44.1 Å². The smallest absolute Gasteiger partial charge is 0.413 e. The number of nitrogens with one attached hydrogen (secondary N) is 3. The van der Waals surface area contributed by atoms with Crippen molar-refractivity contribution in [3.8, 4) is 5.75 Å². The van der Waals surface area contributed by atoms with Crippen LogP contribution in [0.3, 0.4) is 0 Å². The van der Waals surface area contributed by atoms with E-state index in [1.165, 1.54) is 23.6 Å². The van der Waals surface area contributed by atoms with E-state index in [4.69, 9.17) is 40.1 Å². The van der Waals surface area contributed by atoms with Gasteiger partial charge in [-0.2, -0.15) is 0 Å². The highest BCUT2D eigenvalue weighted by Crippen LogP contribution is 2.41. The molecule has 20 nitrogen and oxygen atoms in total. The van der Waals surface area contributed by atoms with E-state index < -0.39 is 70.4 Å². The lowest BCUT2D eigenvalue weighted by Crippen LogP contribution is -2.71. The number of hydrogen-bond acceptors (Lipinski definition) is 17. The molecule has 0 aliphatic carbocycles. The zero-order valence-electron chi connectivity index (χ0n) is 44.9. The van der Waals surface area contributed by atoms with Crippen LogP contribution in [-0.2, 0) is 56.1 Å². The number of fused-ring (bicyclic) bond motifs is 1. The molecule has 3 aliphatic heterocycles. The number of amides is 4. The number of aromatic nitrogens is 2. The number of carbonyl (C=O) groups is 6. The van der Waals surface area contributed by atoms with E-state index in [0.29, 0.717) is 41.1 Å². The van der Waals surface area contributed by atoms with Crippen LogP contribution in [0.2, 0.25) is 4.34 Å². The van der Waals surface area contributed by atoms with Crippen molar-refractivity contribution in [2.75, 3.05) is 36.6 Å². The highest BCUT2D eigenvalue weighted by atomic mass is 35.5. The maximum Gasteiger partial charge on any atom is 0.413 e. The van der Waals surface area contributed by atoms with Gasteiger partial charge in [-0.1, -0.05) is 101 Å². The Morgan fingerprint density at radius 2 is 1.53 bits per heavy atom. The molecular weight excluding hydrogens is 1080 g/mol. The topological polar surface area (TPSA) is 230 Å². The highest BCUT2D eigenvalue weighted by molar-refractivity contribution is 8.00. The summed E-state index contributed by atoms with van der Waals surface area (Å²) in [5.74, 6) is -2.28. The van der Waals surface area contributed by atoms with Crippen LogP contribution in [0.1, 0.15) is 83.4 Å². The van der Waals surface area contributed by atoms with Gasteiger partial charge in [0.15, 0.2) is 35.9 Å². The van der Waals surface area contributed by atoms with Gasteiger partial charge in [0.25, 0.3) is 11.8 Å². The third-order valence-corrected chi connectivity index (χ3v) is 14.7. The molecule has 3 N–H and O–H groups in total. The second-order valence-electron chi connectivity index (χ2n) is 20.6. The summed E-state index contributed by atoms with van der Waals surface area (Å²) in [4.78, 5) is 95.6. The van der Waals surface area contributed by atoms with Gasteiger partial charge in [0, 0.05) is 48.3 Å². The molecule has 0 radical (unpaired) electrons. The summed E-state index contributed by atoms with van der Waals surface area (Å²) in [6.45, 7) is 13.1. The second-order valence-corrected chi connectivity index (χ2v) is 23.4. The Balaban J connectivity index is 1.02. The van der Waals surface area contributed by atoms with Crippen LogP contribution in [0.25, 0.3) is 0 Å². The van der Waals surface area contributed by atoms with Crippen LogP contribution in [-0.4, -0.2) is 117 Å².